The summed E-state index contributed by atoms with van der Waals surface area (Å²) in [6.45, 7) is 4.32. The second kappa shape index (κ2) is 8.29. The number of esters is 1. The quantitative estimate of drug-likeness (QED) is 0.811. The van der Waals surface area contributed by atoms with Crippen LogP contribution in [0.3, 0.4) is 0 Å². The maximum Gasteiger partial charge on any atom is 0.337 e. The lowest BCUT2D eigenvalue weighted by atomic mass is 10.0. The highest BCUT2D eigenvalue weighted by Crippen LogP contribution is 2.16. The van der Waals surface area contributed by atoms with Crippen LogP contribution in [-0.2, 0) is 16.0 Å². The van der Waals surface area contributed by atoms with Crippen LogP contribution in [0.25, 0.3) is 0 Å². The van der Waals surface area contributed by atoms with E-state index in [0.29, 0.717) is 30.0 Å². The van der Waals surface area contributed by atoms with Crippen molar-refractivity contribution in [3.05, 3.63) is 65.2 Å². The zero-order valence-corrected chi connectivity index (χ0v) is 14.3. The van der Waals surface area contributed by atoms with Crippen LogP contribution in [0.1, 0.15) is 47.7 Å². The molecule has 0 aliphatic carbocycles. The Bertz CT molecular complexity index is 705. The Balaban J connectivity index is 1.90. The van der Waals surface area contributed by atoms with E-state index in [1.54, 1.807) is 24.3 Å². The Morgan fingerprint density at radius 3 is 2.42 bits per heavy atom. The molecule has 0 heterocycles. The van der Waals surface area contributed by atoms with Crippen LogP contribution in [0.5, 0.6) is 0 Å². The number of hydrogen-bond donors (Lipinski definition) is 1. The largest absolute Gasteiger partial charge is 0.465 e. The molecule has 0 fully saturated rings. The predicted octanol–water partition coefficient (Wildman–Crippen LogP) is 4.17. The van der Waals surface area contributed by atoms with Gasteiger partial charge in [0.15, 0.2) is 0 Å². The molecule has 1 amide bonds. The van der Waals surface area contributed by atoms with Crippen molar-refractivity contribution in [2.45, 2.75) is 32.6 Å². The van der Waals surface area contributed by atoms with Crippen LogP contribution < -0.4 is 5.32 Å². The minimum absolute atomic E-state index is 0.0787. The molecule has 0 spiro atoms. The number of aryl methyl sites for hydroxylation is 1. The van der Waals surface area contributed by atoms with Crippen molar-refractivity contribution in [3.63, 3.8) is 0 Å². The number of methoxy groups -OCH3 is 1. The molecular formula is C20H23NO3. The van der Waals surface area contributed by atoms with Crippen molar-refractivity contribution in [1.82, 2.24) is 0 Å². The van der Waals surface area contributed by atoms with Gasteiger partial charge >= 0.3 is 5.97 Å². The molecule has 2 aromatic carbocycles. The Kier molecular flexibility index (Phi) is 6.13. The Hall–Kier alpha value is -2.62. The van der Waals surface area contributed by atoms with Gasteiger partial charge in [-0.3, -0.25) is 4.79 Å². The van der Waals surface area contributed by atoms with Gasteiger partial charge in [0, 0.05) is 12.1 Å². The normalized spacial score (nSPS) is 10.5. The second-order valence-corrected chi connectivity index (χ2v) is 6.02. The van der Waals surface area contributed by atoms with Crippen LogP contribution in [0, 0.1) is 0 Å². The third-order valence-corrected chi connectivity index (χ3v) is 3.85. The highest BCUT2D eigenvalue weighted by atomic mass is 16.5. The first-order valence-corrected chi connectivity index (χ1v) is 8.06. The van der Waals surface area contributed by atoms with Crippen LogP contribution >= 0.6 is 0 Å². The molecule has 0 radical (unpaired) electrons. The molecule has 1 N–H and O–H groups in total. The van der Waals surface area contributed by atoms with Gasteiger partial charge in [0.25, 0.3) is 0 Å². The number of hydrogen-bond acceptors (Lipinski definition) is 3. The summed E-state index contributed by atoms with van der Waals surface area (Å²) in [5.41, 5.74) is 3.44. The molecular weight excluding hydrogens is 302 g/mol. The number of nitrogens with one attached hydrogen (secondary N) is 1. The molecule has 4 heteroatoms. The smallest absolute Gasteiger partial charge is 0.337 e. The number of carbonyl (C=O) groups excluding carboxylic acids is 2. The first kappa shape index (κ1) is 17.7. The summed E-state index contributed by atoms with van der Waals surface area (Å²) in [4.78, 5) is 23.6. The van der Waals surface area contributed by atoms with Crippen LogP contribution in [0.2, 0.25) is 0 Å². The standard InChI is InChI=1S/C20H23NO3/c1-14(2)16-10-7-15(8-11-16)9-12-19(22)21-18-6-4-5-17(13-18)20(23)24-3/h4-8,10-11,13-14H,9,12H2,1-3H3,(H,21,22). The fourth-order valence-electron chi connectivity index (χ4n) is 2.39. The van der Waals surface area contributed by atoms with Gasteiger partial charge in [-0.15, -0.1) is 0 Å². The fourth-order valence-corrected chi connectivity index (χ4v) is 2.39. The molecule has 126 valence electrons. The van der Waals surface area contributed by atoms with Gasteiger partial charge in [-0.25, -0.2) is 4.79 Å². The molecule has 0 aromatic heterocycles. The van der Waals surface area contributed by atoms with Crippen molar-refractivity contribution in [3.8, 4) is 0 Å². The molecule has 0 bridgehead atoms. The van der Waals surface area contributed by atoms with Crippen LogP contribution in [0.15, 0.2) is 48.5 Å². The van der Waals surface area contributed by atoms with Crippen molar-refractivity contribution in [1.29, 1.82) is 0 Å². The van der Waals surface area contributed by atoms with Crippen molar-refractivity contribution in [2.24, 2.45) is 0 Å². The molecule has 4 nitrogen and oxygen atoms in total. The van der Waals surface area contributed by atoms with Crippen molar-refractivity contribution < 1.29 is 14.3 Å². The van der Waals surface area contributed by atoms with Gasteiger partial charge in [0.05, 0.1) is 12.7 Å². The number of rotatable bonds is 6. The summed E-state index contributed by atoms with van der Waals surface area (Å²) in [6, 6.07) is 15.1. The van der Waals surface area contributed by atoms with Gasteiger partial charge in [0.2, 0.25) is 5.91 Å². The van der Waals surface area contributed by atoms with Gasteiger partial charge in [-0.1, -0.05) is 44.2 Å². The van der Waals surface area contributed by atoms with Gasteiger partial charge in [0.1, 0.15) is 0 Å². The molecule has 0 unspecified atom stereocenters. The van der Waals surface area contributed by atoms with Gasteiger partial charge in [-0.2, -0.15) is 0 Å². The summed E-state index contributed by atoms with van der Waals surface area (Å²) in [7, 11) is 1.33. The highest BCUT2D eigenvalue weighted by molar-refractivity contribution is 5.94. The Morgan fingerprint density at radius 1 is 1.08 bits per heavy atom. The molecule has 0 aliphatic rings. The molecule has 0 saturated heterocycles. The number of anilines is 1. The van der Waals surface area contributed by atoms with E-state index in [2.05, 4.69) is 48.2 Å². The number of amides is 1. The summed E-state index contributed by atoms with van der Waals surface area (Å²) in [5.74, 6) is 0.00530. The van der Waals surface area contributed by atoms with E-state index >= 15 is 0 Å². The van der Waals surface area contributed by atoms with Crippen LogP contribution in [-0.4, -0.2) is 19.0 Å². The number of carbonyl (C=O) groups is 2. The molecule has 0 saturated carbocycles. The third-order valence-electron chi connectivity index (χ3n) is 3.85. The van der Waals surface area contributed by atoms with Gasteiger partial charge in [-0.05, 0) is 41.7 Å². The van der Waals surface area contributed by atoms with Crippen molar-refractivity contribution >= 4 is 17.6 Å². The topological polar surface area (TPSA) is 55.4 Å². The summed E-state index contributed by atoms with van der Waals surface area (Å²) >= 11 is 0. The molecule has 2 aromatic rings. The lowest BCUT2D eigenvalue weighted by molar-refractivity contribution is -0.116. The predicted molar refractivity (Wildman–Crippen MR) is 95.3 cm³/mol. The summed E-state index contributed by atoms with van der Waals surface area (Å²) in [5, 5.41) is 2.81. The lowest BCUT2D eigenvalue weighted by Gasteiger charge is -2.08. The number of ether oxygens (including phenoxy) is 1. The molecule has 24 heavy (non-hydrogen) atoms. The first-order valence-electron chi connectivity index (χ1n) is 8.06. The van der Waals surface area contributed by atoms with Gasteiger partial charge < -0.3 is 10.1 Å². The SMILES string of the molecule is COC(=O)c1cccc(NC(=O)CCc2ccc(C(C)C)cc2)c1. The van der Waals surface area contributed by atoms with E-state index in [9.17, 15) is 9.59 Å². The zero-order valence-electron chi connectivity index (χ0n) is 14.3. The van der Waals surface area contributed by atoms with E-state index in [4.69, 9.17) is 0 Å². The second-order valence-electron chi connectivity index (χ2n) is 6.02. The maximum atomic E-state index is 12.1. The highest BCUT2D eigenvalue weighted by Gasteiger charge is 2.08. The Morgan fingerprint density at radius 2 is 1.79 bits per heavy atom. The van der Waals surface area contributed by atoms with E-state index in [1.807, 2.05) is 0 Å². The van der Waals surface area contributed by atoms with Crippen molar-refractivity contribution in [2.75, 3.05) is 12.4 Å². The van der Waals surface area contributed by atoms with E-state index in [0.717, 1.165) is 5.56 Å². The summed E-state index contributed by atoms with van der Waals surface area (Å²) < 4.78 is 4.68. The van der Waals surface area contributed by atoms with Crippen LogP contribution in [0.4, 0.5) is 5.69 Å². The minimum atomic E-state index is -0.420. The van der Waals surface area contributed by atoms with E-state index < -0.39 is 5.97 Å². The Labute approximate surface area is 142 Å². The minimum Gasteiger partial charge on any atom is -0.465 e. The average molecular weight is 325 g/mol. The number of benzene rings is 2. The fraction of sp³-hybridized carbons (Fsp3) is 0.300. The molecule has 2 rings (SSSR count). The average Bonchev–Trinajstić information content (AvgIpc) is 2.59. The third kappa shape index (κ3) is 4.95. The summed E-state index contributed by atoms with van der Waals surface area (Å²) in [6.07, 6.45) is 1.07. The molecule has 0 atom stereocenters. The molecule has 0 aliphatic heterocycles. The van der Waals surface area contributed by atoms with E-state index in [-0.39, 0.29) is 5.91 Å². The maximum absolute atomic E-state index is 12.1. The monoisotopic (exact) mass is 325 g/mol. The lowest BCUT2D eigenvalue weighted by Crippen LogP contribution is -2.13. The van der Waals surface area contributed by atoms with E-state index in [1.165, 1.54) is 12.7 Å². The zero-order chi connectivity index (χ0) is 17.5. The first-order chi connectivity index (χ1) is 11.5.